The minimum Gasteiger partial charge on any atom is -0.367 e. The van der Waals surface area contributed by atoms with E-state index in [-0.39, 0.29) is 5.91 Å². The maximum atomic E-state index is 12.2. The highest BCUT2D eigenvalue weighted by Crippen LogP contribution is 2.25. The normalized spacial score (nSPS) is 11.0. The van der Waals surface area contributed by atoms with E-state index in [0.29, 0.717) is 18.7 Å². The Hall–Kier alpha value is -2.86. The number of nitrogens with one attached hydrogen (secondary N) is 3. The summed E-state index contributed by atoms with van der Waals surface area (Å²) in [7, 11) is 0. The van der Waals surface area contributed by atoms with Crippen molar-refractivity contribution in [3.63, 3.8) is 0 Å². The Bertz CT molecular complexity index is 1000. The molecule has 1 amide bonds. The van der Waals surface area contributed by atoms with Gasteiger partial charge in [-0.05, 0) is 47.3 Å². The van der Waals surface area contributed by atoms with Crippen LogP contribution >= 0.6 is 11.5 Å². The molecular weight excluding hydrogens is 320 g/mol. The average molecular weight is 336 g/mol. The minimum absolute atomic E-state index is 0.0727. The standard InChI is InChI=1S/C18H16N4OS/c23-18(13-6-5-12-7-8-19-15(12)11-13)21-10-9-20-17-14-3-1-2-4-16(14)24-22-17/h1-8,11,19H,9-10H2,(H,20,22)(H,21,23). The molecule has 0 atom stereocenters. The monoisotopic (exact) mass is 336 g/mol. The van der Waals surface area contributed by atoms with E-state index in [1.807, 2.05) is 48.7 Å². The minimum atomic E-state index is -0.0727. The molecule has 5 nitrogen and oxygen atoms in total. The number of carbonyl (C=O) groups excluding carboxylic acids is 1. The molecule has 4 rings (SSSR count). The fourth-order valence-electron chi connectivity index (χ4n) is 2.66. The van der Waals surface area contributed by atoms with Crippen LogP contribution in [0.3, 0.4) is 0 Å². The summed E-state index contributed by atoms with van der Waals surface area (Å²) in [6.07, 6.45) is 1.87. The summed E-state index contributed by atoms with van der Waals surface area (Å²) < 4.78 is 5.57. The summed E-state index contributed by atoms with van der Waals surface area (Å²) in [5, 5.41) is 8.42. The van der Waals surface area contributed by atoms with Gasteiger partial charge in [-0.2, -0.15) is 4.37 Å². The molecule has 0 aliphatic rings. The van der Waals surface area contributed by atoms with Crippen LogP contribution < -0.4 is 10.6 Å². The number of benzene rings is 2. The summed E-state index contributed by atoms with van der Waals surface area (Å²) in [5.74, 6) is 0.800. The third-order valence-corrected chi connectivity index (χ3v) is 4.72. The lowest BCUT2D eigenvalue weighted by molar-refractivity contribution is 0.0955. The summed E-state index contributed by atoms with van der Waals surface area (Å²) in [6.45, 7) is 1.16. The first kappa shape index (κ1) is 14.7. The van der Waals surface area contributed by atoms with Crippen LogP contribution in [0.4, 0.5) is 5.82 Å². The highest BCUT2D eigenvalue weighted by Gasteiger charge is 2.07. The van der Waals surface area contributed by atoms with E-state index >= 15 is 0 Å². The number of hydrogen-bond donors (Lipinski definition) is 3. The van der Waals surface area contributed by atoms with Gasteiger partial charge in [-0.1, -0.05) is 18.2 Å². The largest absolute Gasteiger partial charge is 0.367 e. The molecule has 0 spiro atoms. The lowest BCUT2D eigenvalue weighted by Crippen LogP contribution is -2.28. The number of rotatable bonds is 5. The number of hydrogen-bond acceptors (Lipinski definition) is 4. The number of aromatic nitrogens is 2. The van der Waals surface area contributed by atoms with Gasteiger partial charge in [-0.25, -0.2) is 0 Å². The highest BCUT2D eigenvalue weighted by atomic mass is 32.1. The maximum Gasteiger partial charge on any atom is 0.251 e. The number of amides is 1. The van der Waals surface area contributed by atoms with Crippen molar-refractivity contribution in [3.05, 3.63) is 60.3 Å². The Labute approximate surface area is 142 Å². The van der Waals surface area contributed by atoms with Gasteiger partial charge in [-0.15, -0.1) is 0 Å². The van der Waals surface area contributed by atoms with Gasteiger partial charge in [0.2, 0.25) is 0 Å². The van der Waals surface area contributed by atoms with Gasteiger partial charge >= 0.3 is 0 Å². The molecule has 0 bridgehead atoms. The quantitative estimate of drug-likeness (QED) is 0.488. The van der Waals surface area contributed by atoms with Crippen LogP contribution in [-0.4, -0.2) is 28.4 Å². The molecule has 24 heavy (non-hydrogen) atoms. The zero-order chi connectivity index (χ0) is 16.4. The fourth-order valence-corrected chi connectivity index (χ4v) is 3.42. The van der Waals surface area contributed by atoms with Gasteiger partial charge in [0.25, 0.3) is 5.91 Å². The van der Waals surface area contributed by atoms with E-state index in [0.717, 1.165) is 26.8 Å². The van der Waals surface area contributed by atoms with Gasteiger partial charge in [0.1, 0.15) is 5.82 Å². The van der Waals surface area contributed by atoms with Crippen molar-refractivity contribution >= 4 is 44.2 Å². The second-order valence-electron chi connectivity index (χ2n) is 5.49. The zero-order valence-corrected chi connectivity index (χ0v) is 13.7. The number of carbonyl (C=O) groups is 1. The molecule has 3 N–H and O–H groups in total. The molecule has 0 aliphatic heterocycles. The molecule has 0 fully saturated rings. The highest BCUT2D eigenvalue weighted by molar-refractivity contribution is 7.13. The number of H-pyrrole nitrogens is 1. The molecule has 4 aromatic rings. The lowest BCUT2D eigenvalue weighted by atomic mass is 10.1. The lowest BCUT2D eigenvalue weighted by Gasteiger charge is -2.07. The van der Waals surface area contributed by atoms with Gasteiger partial charge in [0, 0.05) is 35.8 Å². The number of fused-ring (bicyclic) bond motifs is 2. The van der Waals surface area contributed by atoms with Crippen molar-refractivity contribution in [2.75, 3.05) is 18.4 Å². The zero-order valence-electron chi connectivity index (χ0n) is 12.9. The first-order valence-corrected chi connectivity index (χ1v) is 8.52. The molecule has 0 saturated heterocycles. The molecule has 2 aromatic heterocycles. The van der Waals surface area contributed by atoms with Crippen molar-refractivity contribution in [1.29, 1.82) is 0 Å². The van der Waals surface area contributed by atoms with Crippen LogP contribution in [0.1, 0.15) is 10.4 Å². The predicted octanol–water partition coefficient (Wildman–Crippen LogP) is 3.62. The summed E-state index contributed by atoms with van der Waals surface area (Å²) in [4.78, 5) is 15.3. The maximum absolute atomic E-state index is 12.2. The van der Waals surface area contributed by atoms with Gasteiger partial charge in [0.15, 0.2) is 0 Å². The third-order valence-electron chi connectivity index (χ3n) is 3.90. The second-order valence-corrected chi connectivity index (χ2v) is 6.29. The second kappa shape index (κ2) is 6.33. The number of nitrogens with zero attached hydrogens (tertiary/aromatic N) is 1. The Morgan fingerprint density at radius 2 is 2.04 bits per heavy atom. The Balaban J connectivity index is 1.34. The van der Waals surface area contributed by atoms with Crippen molar-refractivity contribution < 1.29 is 4.79 Å². The molecule has 0 unspecified atom stereocenters. The summed E-state index contributed by atoms with van der Waals surface area (Å²) >= 11 is 1.47. The van der Waals surface area contributed by atoms with E-state index in [2.05, 4.69) is 26.1 Å². The Morgan fingerprint density at radius 3 is 3.00 bits per heavy atom. The first-order valence-electron chi connectivity index (χ1n) is 7.75. The molecule has 0 radical (unpaired) electrons. The van der Waals surface area contributed by atoms with Crippen molar-refractivity contribution in [3.8, 4) is 0 Å². The Morgan fingerprint density at radius 1 is 1.12 bits per heavy atom. The Kier molecular flexibility index (Phi) is 3.88. The van der Waals surface area contributed by atoms with Crippen molar-refractivity contribution in [1.82, 2.24) is 14.7 Å². The van der Waals surface area contributed by atoms with Crippen LogP contribution in [0, 0.1) is 0 Å². The van der Waals surface area contributed by atoms with E-state index in [1.165, 1.54) is 11.5 Å². The molecule has 2 aromatic carbocycles. The summed E-state index contributed by atoms with van der Waals surface area (Å²) in [6, 6.07) is 15.7. The van der Waals surface area contributed by atoms with E-state index in [1.54, 1.807) is 0 Å². The van der Waals surface area contributed by atoms with Crippen LogP contribution in [-0.2, 0) is 0 Å². The van der Waals surface area contributed by atoms with Gasteiger partial charge in [0.05, 0.1) is 4.70 Å². The molecular formula is C18H16N4OS. The molecule has 6 heteroatoms. The number of anilines is 1. The molecule has 120 valence electrons. The summed E-state index contributed by atoms with van der Waals surface area (Å²) in [5.41, 5.74) is 1.62. The van der Waals surface area contributed by atoms with E-state index in [9.17, 15) is 4.79 Å². The molecule has 0 saturated carbocycles. The van der Waals surface area contributed by atoms with E-state index < -0.39 is 0 Å². The van der Waals surface area contributed by atoms with Crippen LogP contribution in [0.25, 0.3) is 21.0 Å². The molecule has 0 aliphatic carbocycles. The fraction of sp³-hybridized carbons (Fsp3) is 0.111. The molecule has 2 heterocycles. The predicted molar refractivity (Wildman–Crippen MR) is 98.7 cm³/mol. The average Bonchev–Trinajstić information content (AvgIpc) is 3.24. The smallest absolute Gasteiger partial charge is 0.251 e. The van der Waals surface area contributed by atoms with Crippen LogP contribution in [0.2, 0.25) is 0 Å². The van der Waals surface area contributed by atoms with Gasteiger partial charge < -0.3 is 15.6 Å². The van der Waals surface area contributed by atoms with E-state index in [4.69, 9.17) is 0 Å². The van der Waals surface area contributed by atoms with Crippen molar-refractivity contribution in [2.24, 2.45) is 0 Å². The topological polar surface area (TPSA) is 69.8 Å². The number of aromatic amines is 1. The first-order chi connectivity index (χ1) is 11.8. The van der Waals surface area contributed by atoms with Gasteiger partial charge in [-0.3, -0.25) is 4.79 Å². The third kappa shape index (κ3) is 2.83. The van der Waals surface area contributed by atoms with Crippen LogP contribution in [0.5, 0.6) is 0 Å². The SMILES string of the molecule is O=C(NCCNc1nsc2ccccc12)c1ccc2cc[nH]c2c1. The van der Waals surface area contributed by atoms with Crippen LogP contribution in [0.15, 0.2) is 54.7 Å². The van der Waals surface area contributed by atoms with Crippen molar-refractivity contribution in [2.45, 2.75) is 0 Å².